The molecule has 0 radical (unpaired) electrons. The quantitative estimate of drug-likeness (QED) is 0.814. The molecule has 1 aliphatic carbocycles. The molecular formula is C13H21N3S. The normalized spacial score (nSPS) is 17.3. The molecule has 0 amide bonds. The Kier molecular flexibility index (Phi) is 4.15. The molecule has 1 aromatic heterocycles. The molecule has 4 heteroatoms. The van der Waals surface area contributed by atoms with Gasteiger partial charge in [-0.25, -0.2) is 4.98 Å². The summed E-state index contributed by atoms with van der Waals surface area (Å²) < 4.78 is 0.454. The molecule has 0 saturated heterocycles. The topological polar surface area (TPSA) is 37.0 Å². The Bertz CT molecular complexity index is 358. The van der Waals surface area contributed by atoms with Gasteiger partial charge < -0.3 is 10.6 Å². The molecule has 0 atom stereocenters. The van der Waals surface area contributed by atoms with Crippen LogP contribution in [0.3, 0.4) is 0 Å². The molecule has 1 saturated carbocycles. The number of thioether (sulfide) groups is 1. The average Bonchev–Trinajstić information content (AvgIpc) is 2.29. The van der Waals surface area contributed by atoms with Crippen molar-refractivity contribution in [2.45, 2.75) is 30.9 Å². The summed E-state index contributed by atoms with van der Waals surface area (Å²) in [7, 11) is 0. The molecule has 1 fully saturated rings. The molecule has 0 aliphatic heterocycles. The van der Waals surface area contributed by atoms with Gasteiger partial charge in [0.05, 0.1) is 0 Å². The minimum atomic E-state index is 0.454. The molecule has 94 valence electrons. The van der Waals surface area contributed by atoms with Crippen molar-refractivity contribution < 1.29 is 0 Å². The zero-order valence-electron chi connectivity index (χ0n) is 10.6. The van der Waals surface area contributed by atoms with Crippen molar-refractivity contribution in [3.8, 4) is 0 Å². The van der Waals surface area contributed by atoms with Crippen LogP contribution in [0.4, 0.5) is 11.6 Å². The fourth-order valence-electron chi connectivity index (χ4n) is 2.09. The maximum Gasteiger partial charge on any atom is 0.128 e. The first-order valence-corrected chi connectivity index (χ1v) is 7.50. The maximum atomic E-state index is 4.53. The smallest absolute Gasteiger partial charge is 0.128 e. The summed E-state index contributed by atoms with van der Waals surface area (Å²) in [6, 6.07) is 6.08. The number of pyridine rings is 1. The molecule has 0 unspecified atom stereocenters. The highest BCUT2D eigenvalue weighted by atomic mass is 32.2. The number of anilines is 2. The van der Waals surface area contributed by atoms with E-state index >= 15 is 0 Å². The Hall–Kier alpha value is -0.900. The molecule has 2 rings (SSSR count). The highest BCUT2D eigenvalue weighted by Crippen LogP contribution is 2.42. The van der Waals surface area contributed by atoms with Crippen molar-refractivity contribution in [1.82, 2.24) is 4.98 Å². The largest absolute Gasteiger partial charge is 0.370 e. The summed E-state index contributed by atoms with van der Waals surface area (Å²) in [5.74, 6) is 1.92. The summed E-state index contributed by atoms with van der Waals surface area (Å²) in [6.45, 7) is 4.01. The SMILES string of the molecule is CCNc1cccc(NCC2(SC)CCC2)n1. The third-order valence-electron chi connectivity index (χ3n) is 3.40. The summed E-state index contributed by atoms with van der Waals surface area (Å²) in [4.78, 5) is 4.53. The van der Waals surface area contributed by atoms with Gasteiger partial charge in [0.2, 0.25) is 0 Å². The van der Waals surface area contributed by atoms with Crippen LogP contribution in [0, 0.1) is 0 Å². The third-order valence-corrected chi connectivity index (χ3v) is 4.82. The molecule has 1 heterocycles. The van der Waals surface area contributed by atoms with Gasteiger partial charge in [0.15, 0.2) is 0 Å². The Labute approximate surface area is 108 Å². The molecule has 0 bridgehead atoms. The van der Waals surface area contributed by atoms with Crippen LogP contribution in [-0.4, -0.2) is 29.1 Å². The molecule has 17 heavy (non-hydrogen) atoms. The van der Waals surface area contributed by atoms with Crippen LogP contribution in [0.1, 0.15) is 26.2 Å². The van der Waals surface area contributed by atoms with Crippen LogP contribution in [-0.2, 0) is 0 Å². The van der Waals surface area contributed by atoms with Gasteiger partial charge in [-0.3, -0.25) is 0 Å². The minimum absolute atomic E-state index is 0.454. The van der Waals surface area contributed by atoms with E-state index in [0.29, 0.717) is 4.75 Å². The van der Waals surface area contributed by atoms with Crippen molar-refractivity contribution in [1.29, 1.82) is 0 Å². The monoisotopic (exact) mass is 251 g/mol. The summed E-state index contributed by atoms with van der Waals surface area (Å²) in [5, 5.41) is 6.70. The zero-order chi connectivity index (χ0) is 12.1. The second-order valence-electron chi connectivity index (χ2n) is 4.53. The molecule has 1 aromatic rings. The highest BCUT2D eigenvalue weighted by Gasteiger charge is 2.35. The van der Waals surface area contributed by atoms with E-state index in [2.05, 4.69) is 28.8 Å². The fourth-order valence-corrected chi connectivity index (χ4v) is 3.00. The highest BCUT2D eigenvalue weighted by molar-refractivity contribution is 8.00. The van der Waals surface area contributed by atoms with E-state index in [-0.39, 0.29) is 0 Å². The van der Waals surface area contributed by atoms with E-state index in [4.69, 9.17) is 0 Å². The van der Waals surface area contributed by atoms with Crippen molar-refractivity contribution in [2.24, 2.45) is 0 Å². The minimum Gasteiger partial charge on any atom is -0.370 e. The van der Waals surface area contributed by atoms with Crippen LogP contribution in [0.25, 0.3) is 0 Å². The van der Waals surface area contributed by atoms with Crippen molar-refractivity contribution in [3.05, 3.63) is 18.2 Å². The third kappa shape index (κ3) is 3.06. The van der Waals surface area contributed by atoms with Gasteiger partial charge in [0.1, 0.15) is 11.6 Å². The fraction of sp³-hybridized carbons (Fsp3) is 0.615. The molecule has 0 aromatic carbocycles. The molecule has 2 N–H and O–H groups in total. The second-order valence-corrected chi connectivity index (χ2v) is 5.81. The predicted octanol–water partition coefficient (Wildman–Crippen LogP) is 3.21. The first kappa shape index (κ1) is 12.6. The Morgan fingerprint density at radius 1 is 1.29 bits per heavy atom. The van der Waals surface area contributed by atoms with Crippen LogP contribution >= 0.6 is 11.8 Å². The van der Waals surface area contributed by atoms with Crippen LogP contribution in [0.15, 0.2) is 18.2 Å². The van der Waals surface area contributed by atoms with Gasteiger partial charge in [0, 0.05) is 17.8 Å². The number of rotatable bonds is 6. The maximum absolute atomic E-state index is 4.53. The lowest BCUT2D eigenvalue weighted by Crippen LogP contribution is -2.40. The summed E-state index contributed by atoms with van der Waals surface area (Å²) in [5.41, 5.74) is 0. The Morgan fingerprint density at radius 3 is 2.53 bits per heavy atom. The van der Waals surface area contributed by atoms with E-state index in [1.165, 1.54) is 19.3 Å². The van der Waals surface area contributed by atoms with Crippen LogP contribution < -0.4 is 10.6 Å². The number of nitrogens with one attached hydrogen (secondary N) is 2. The van der Waals surface area contributed by atoms with Gasteiger partial charge in [-0.2, -0.15) is 11.8 Å². The zero-order valence-corrected chi connectivity index (χ0v) is 11.4. The van der Waals surface area contributed by atoms with Gasteiger partial charge in [-0.1, -0.05) is 12.5 Å². The predicted molar refractivity (Wildman–Crippen MR) is 77.0 cm³/mol. The number of hydrogen-bond donors (Lipinski definition) is 2. The van der Waals surface area contributed by atoms with E-state index in [1.807, 2.05) is 30.0 Å². The van der Waals surface area contributed by atoms with Crippen molar-refractivity contribution in [3.63, 3.8) is 0 Å². The van der Waals surface area contributed by atoms with E-state index < -0.39 is 0 Å². The average molecular weight is 251 g/mol. The Balaban J connectivity index is 1.92. The number of hydrogen-bond acceptors (Lipinski definition) is 4. The lowest BCUT2D eigenvalue weighted by molar-refractivity contribution is 0.379. The molecular weight excluding hydrogens is 230 g/mol. The van der Waals surface area contributed by atoms with E-state index in [1.54, 1.807) is 0 Å². The first-order valence-electron chi connectivity index (χ1n) is 6.28. The van der Waals surface area contributed by atoms with Crippen molar-refractivity contribution in [2.75, 3.05) is 30.0 Å². The summed E-state index contributed by atoms with van der Waals surface area (Å²) >= 11 is 1.99. The molecule has 0 spiro atoms. The lowest BCUT2D eigenvalue weighted by Gasteiger charge is -2.40. The first-order chi connectivity index (χ1) is 8.28. The van der Waals surface area contributed by atoms with Gasteiger partial charge in [-0.05, 0) is 38.2 Å². The van der Waals surface area contributed by atoms with E-state index in [9.17, 15) is 0 Å². The number of nitrogens with zero attached hydrogens (tertiary/aromatic N) is 1. The molecule has 3 nitrogen and oxygen atoms in total. The molecule has 1 aliphatic rings. The van der Waals surface area contributed by atoms with Gasteiger partial charge >= 0.3 is 0 Å². The van der Waals surface area contributed by atoms with Crippen LogP contribution in [0.2, 0.25) is 0 Å². The standard InChI is InChI=1S/C13H21N3S/c1-3-14-11-6-4-7-12(16-11)15-10-13(17-2)8-5-9-13/h4,6-7H,3,5,8-10H2,1-2H3,(H2,14,15,16). The lowest BCUT2D eigenvalue weighted by atomic mass is 9.84. The van der Waals surface area contributed by atoms with E-state index in [0.717, 1.165) is 24.7 Å². The van der Waals surface area contributed by atoms with Gasteiger partial charge in [-0.15, -0.1) is 0 Å². The second kappa shape index (κ2) is 5.63. The van der Waals surface area contributed by atoms with Gasteiger partial charge in [0.25, 0.3) is 0 Å². The summed E-state index contributed by atoms with van der Waals surface area (Å²) in [6.07, 6.45) is 6.23. The van der Waals surface area contributed by atoms with Crippen molar-refractivity contribution >= 4 is 23.4 Å². The number of aromatic nitrogens is 1. The Morgan fingerprint density at radius 2 is 2.00 bits per heavy atom. The van der Waals surface area contributed by atoms with Crippen LogP contribution in [0.5, 0.6) is 0 Å².